The predicted octanol–water partition coefficient (Wildman–Crippen LogP) is 2.97. The van der Waals surface area contributed by atoms with Crippen LogP contribution < -0.4 is 4.90 Å². The fraction of sp³-hybridized carbons (Fsp3) is 0.350. The minimum absolute atomic E-state index is 0.00960. The van der Waals surface area contributed by atoms with Crippen molar-refractivity contribution in [2.75, 3.05) is 31.1 Å². The van der Waals surface area contributed by atoms with Gasteiger partial charge in [-0.25, -0.2) is 8.78 Å². The van der Waals surface area contributed by atoms with Gasteiger partial charge in [-0.2, -0.15) is 0 Å². The highest BCUT2D eigenvalue weighted by molar-refractivity contribution is 5.95. The van der Waals surface area contributed by atoms with Crippen LogP contribution in [0.1, 0.15) is 12.0 Å². The first kappa shape index (κ1) is 17.1. The second-order valence-electron chi connectivity index (χ2n) is 7.02. The summed E-state index contributed by atoms with van der Waals surface area (Å²) in [6.45, 7) is 2.49. The van der Waals surface area contributed by atoms with Crippen LogP contribution in [-0.4, -0.2) is 42.6 Å². The fourth-order valence-electron chi connectivity index (χ4n) is 3.80. The molecule has 2 saturated heterocycles. The van der Waals surface area contributed by atoms with E-state index in [9.17, 15) is 13.6 Å². The van der Waals surface area contributed by atoms with Crippen LogP contribution in [0.15, 0.2) is 48.5 Å². The first-order valence-electron chi connectivity index (χ1n) is 8.70. The zero-order chi connectivity index (χ0) is 18.1. The van der Waals surface area contributed by atoms with Crippen molar-refractivity contribution in [2.45, 2.75) is 18.6 Å². The predicted molar refractivity (Wildman–Crippen MR) is 93.7 cm³/mol. The molecule has 2 aromatic rings. The molecule has 4 rings (SSSR count). The van der Waals surface area contributed by atoms with Gasteiger partial charge < -0.3 is 9.64 Å². The molecule has 0 bridgehead atoms. The van der Waals surface area contributed by atoms with E-state index in [1.54, 1.807) is 23.1 Å². The normalized spacial score (nSPS) is 23.8. The van der Waals surface area contributed by atoms with Crippen LogP contribution in [0.25, 0.3) is 0 Å². The number of likely N-dealkylation sites (tertiary alicyclic amines) is 1. The Morgan fingerprint density at radius 1 is 1.04 bits per heavy atom. The quantitative estimate of drug-likeness (QED) is 0.846. The number of halogens is 2. The number of carbonyl (C=O) groups is 1. The highest BCUT2D eigenvalue weighted by Crippen LogP contribution is 2.33. The number of amides is 1. The van der Waals surface area contributed by atoms with Crippen LogP contribution in [0.3, 0.4) is 0 Å². The van der Waals surface area contributed by atoms with Gasteiger partial charge in [-0.1, -0.05) is 18.2 Å². The third-order valence-corrected chi connectivity index (χ3v) is 5.06. The Kier molecular flexibility index (Phi) is 4.46. The Hall–Kier alpha value is -2.31. The standard InChI is InChI=1S/C20H20F2N2O2/c21-16-4-1-3-15(9-16)11-23-8-7-20(13-23)14-24(19(25)12-26-20)18-6-2-5-17(22)10-18/h1-6,9-10H,7-8,11-14H2. The molecular formula is C20H20F2N2O2. The summed E-state index contributed by atoms with van der Waals surface area (Å²) in [5.41, 5.74) is 1.00. The summed E-state index contributed by atoms with van der Waals surface area (Å²) >= 11 is 0. The van der Waals surface area contributed by atoms with Crippen LogP contribution in [0.2, 0.25) is 0 Å². The van der Waals surface area contributed by atoms with E-state index < -0.39 is 5.60 Å². The lowest BCUT2D eigenvalue weighted by molar-refractivity contribution is -0.137. The molecule has 0 N–H and O–H groups in total. The zero-order valence-corrected chi connectivity index (χ0v) is 14.3. The van der Waals surface area contributed by atoms with Gasteiger partial charge in [0.2, 0.25) is 0 Å². The van der Waals surface area contributed by atoms with Gasteiger partial charge in [-0.15, -0.1) is 0 Å². The number of benzene rings is 2. The Labute approximate surface area is 151 Å². The highest BCUT2D eigenvalue weighted by atomic mass is 19.1. The van der Waals surface area contributed by atoms with Crippen molar-refractivity contribution in [3.8, 4) is 0 Å². The van der Waals surface area contributed by atoms with Crippen molar-refractivity contribution in [3.05, 3.63) is 65.7 Å². The topological polar surface area (TPSA) is 32.8 Å². The third kappa shape index (κ3) is 3.48. The number of morpholine rings is 1. The van der Waals surface area contributed by atoms with Crippen LogP contribution >= 0.6 is 0 Å². The lowest BCUT2D eigenvalue weighted by Crippen LogP contribution is -2.56. The minimum Gasteiger partial charge on any atom is -0.362 e. The monoisotopic (exact) mass is 358 g/mol. The second-order valence-corrected chi connectivity index (χ2v) is 7.02. The van der Waals surface area contributed by atoms with Crippen LogP contribution in [-0.2, 0) is 16.1 Å². The van der Waals surface area contributed by atoms with E-state index in [0.29, 0.717) is 25.3 Å². The van der Waals surface area contributed by atoms with E-state index in [0.717, 1.165) is 18.5 Å². The van der Waals surface area contributed by atoms with Gasteiger partial charge in [0, 0.05) is 25.3 Å². The summed E-state index contributed by atoms with van der Waals surface area (Å²) in [7, 11) is 0. The maximum absolute atomic E-state index is 13.5. The number of nitrogens with zero attached hydrogens (tertiary/aromatic N) is 2. The van der Waals surface area contributed by atoms with Gasteiger partial charge in [0.15, 0.2) is 0 Å². The largest absolute Gasteiger partial charge is 0.362 e. The first-order valence-corrected chi connectivity index (χ1v) is 8.70. The van der Waals surface area contributed by atoms with E-state index in [4.69, 9.17) is 4.74 Å². The number of carbonyl (C=O) groups excluding carboxylic acids is 1. The third-order valence-electron chi connectivity index (χ3n) is 5.06. The molecule has 4 nitrogen and oxygen atoms in total. The molecule has 1 unspecified atom stereocenters. The Bertz CT molecular complexity index is 829. The van der Waals surface area contributed by atoms with Crippen molar-refractivity contribution in [2.24, 2.45) is 0 Å². The van der Waals surface area contributed by atoms with Crippen molar-refractivity contribution in [1.29, 1.82) is 0 Å². The summed E-state index contributed by atoms with van der Waals surface area (Å²) < 4.78 is 32.8. The number of ether oxygens (including phenoxy) is 1. The van der Waals surface area contributed by atoms with Crippen molar-refractivity contribution in [1.82, 2.24) is 4.90 Å². The van der Waals surface area contributed by atoms with Gasteiger partial charge in [0.25, 0.3) is 5.91 Å². The van der Waals surface area contributed by atoms with Crippen LogP contribution in [0, 0.1) is 11.6 Å². The Balaban J connectivity index is 1.48. The van der Waals surface area contributed by atoms with E-state index in [-0.39, 0.29) is 24.1 Å². The molecule has 2 aromatic carbocycles. The fourth-order valence-corrected chi connectivity index (χ4v) is 3.80. The van der Waals surface area contributed by atoms with Crippen LogP contribution in [0.5, 0.6) is 0 Å². The molecule has 2 aliphatic rings. The average Bonchev–Trinajstić information content (AvgIpc) is 3.00. The van der Waals surface area contributed by atoms with E-state index in [1.165, 1.54) is 24.3 Å². The molecule has 0 radical (unpaired) electrons. The molecule has 6 heteroatoms. The molecule has 2 heterocycles. The first-order chi connectivity index (χ1) is 12.5. The summed E-state index contributed by atoms with van der Waals surface area (Å²) in [5.74, 6) is -0.770. The van der Waals surface area contributed by atoms with E-state index in [1.807, 2.05) is 6.07 Å². The molecule has 2 fully saturated rings. The Morgan fingerprint density at radius 2 is 1.81 bits per heavy atom. The van der Waals surface area contributed by atoms with Crippen LogP contribution in [0.4, 0.5) is 14.5 Å². The van der Waals surface area contributed by atoms with Gasteiger partial charge in [-0.05, 0) is 42.3 Å². The smallest absolute Gasteiger partial charge is 0.253 e. The van der Waals surface area contributed by atoms with E-state index in [2.05, 4.69) is 4.90 Å². The molecule has 136 valence electrons. The van der Waals surface area contributed by atoms with Gasteiger partial charge in [0.05, 0.1) is 6.54 Å². The average molecular weight is 358 g/mol. The SMILES string of the molecule is O=C1COC2(CCN(Cc3cccc(F)c3)C2)CN1c1cccc(F)c1. The molecule has 1 spiro atoms. The maximum atomic E-state index is 13.5. The number of anilines is 1. The van der Waals surface area contributed by atoms with Crippen molar-refractivity contribution in [3.63, 3.8) is 0 Å². The number of hydrogen-bond donors (Lipinski definition) is 0. The zero-order valence-electron chi connectivity index (χ0n) is 14.3. The summed E-state index contributed by atoms with van der Waals surface area (Å²) in [5, 5.41) is 0. The lowest BCUT2D eigenvalue weighted by Gasteiger charge is -2.40. The molecule has 0 aliphatic carbocycles. The Morgan fingerprint density at radius 3 is 2.58 bits per heavy atom. The molecular weight excluding hydrogens is 338 g/mol. The highest BCUT2D eigenvalue weighted by Gasteiger charge is 2.45. The molecule has 0 saturated carbocycles. The summed E-state index contributed by atoms with van der Waals surface area (Å²) in [4.78, 5) is 16.1. The molecule has 0 aromatic heterocycles. The summed E-state index contributed by atoms with van der Waals surface area (Å²) in [6.07, 6.45) is 0.779. The van der Waals surface area contributed by atoms with E-state index >= 15 is 0 Å². The van der Waals surface area contributed by atoms with Crippen molar-refractivity contribution >= 4 is 11.6 Å². The molecule has 2 aliphatic heterocycles. The minimum atomic E-state index is -0.465. The summed E-state index contributed by atoms with van der Waals surface area (Å²) in [6, 6.07) is 12.6. The number of hydrogen-bond acceptors (Lipinski definition) is 3. The second kappa shape index (κ2) is 6.78. The van der Waals surface area contributed by atoms with Crippen molar-refractivity contribution < 1.29 is 18.3 Å². The lowest BCUT2D eigenvalue weighted by atomic mass is 10.00. The molecule has 1 atom stereocenters. The van der Waals surface area contributed by atoms with Gasteiger partial charge in [0.1, 0.15) is 23.8 Å². The van der Waals surface area contributed by atoms with Gasteiger partial charge >= 0.3 is 0 Å². The number of rotatable bonds is 3. The molecule has 1 amide bonds. The van der Waals surface area contributed by atoms with Gasteiger partial charge in [-0.3, -0.25) is 9.69 Å². The molecule has 26 heavy (non-hydrogen) atoms. The maximum Gasteiger partial charge on any atom is 0.253 e.